The first-order chi connectivity index (χ1) is 8.13. The number of phenolic OH excluding ortho intramolecular Hbond substituents is 1. The second-order valence-electron chi connectivity index (χ2n) is 3.84. The Morgan fingerprint density at radius 2 is 2.06 bits per heavy atom. The van der Waals surface area contributed by atoms with Gasteiger partial charge in [0.05, 0.1) is 11.6 Å². The minimum Gasteiger partial charge on any atom is -0.507 e. The fourth-order valence-corrected chi connectivity index (χ4v) is 1.78. The maximum Gasteiger partial charge on any atom is 0.126 e. The van der Waals surface area contributed by atoms with Gasteiger partial charge < -0.3 is 10.8 Å². The number of aliphatic imine (C=N–C) groups is 1. The molecule has 0 spiro atoms. The van der Waals surface area contributed by atoms with Gasteiger partial charge in [0.25, 0.3) is 0 Å². The number of hydrogen-bond donors (Lipinski definition) is 2. The number of amidine groups is 1. The van der Waals surface area contributed by atoms with Gasteiger partial charge in [-0.15, -0.1) is 11.6 Å². The van der Waals surface area contributed by atoms with E-state index in [4.69, 9.17) is 17.3 Å². The molecule has 3 nitrogen and oxygen atoms in total. The Morgan fingerprint density at radius 3 is 2.76 bits per heavy atom. The molecule has 0 saturated carbocycles. The van der Waals surface area contributed by atoms with Gasteiger partial charge >= 0.3 is 0 Å². The fourth-order valence-electron chi connectivity index (χ4n) is 1.72. The first-order valence-electron chi connectivity index (χ1n) is 5.24. The average Bonchev–Trinajstić information content (AvgIpc) is 2.34. The molecule has 0 aromatic heterocycles. The predicted molar refractivity (Wildman–Crippen MR) is 72.4 cm³/mol. The molecule has 4 heteroatoms. The largest absolute Gasteiger partial charge is 0.507 e. The van der Waals surface area contributed by atoms with E-state index in [9.17, 15) is 5.11 Å². The van der Waals surface area contributed by atoms with Gasteiger partial charge in [0, 0.05) is 10.8 Å². The van der Waals surface area contributed by atoms with Crippen LogP contribution in [0.2, 0.25) is 0 Å². The number of benzene rings is 2. The zero-order chi connectivity index (χ0) is 12.4. The summed E-state index contributed by atoms with van der Waals surface area (Å²) in [6, 6.07) is 9.31. The van der Waals surface area contributed by atoms with Crippen molar-refractivity contribution in [2.45, 2.75) is 6.92 Å². The number of fused-ring (bicyclic) bond motifs is 1. The summed E-state index contributed by atoms with van der Waals surface area (Å²) < 4.78 is 0. The number of phenols is 1. The van der Waals surface area contributed by atoms with Crippen molar-refractivity contribution >= 4 is 33.9 Å². The van der Waals surface area contributed by atoms with Crippen molar-refractivity contribution in [3.63, 3.8) is 0 Å². The molecular weight excluding hydrogens is 236 g/mol. The van der Waals surface area contributed by atoms with E-state index in [1.807, 2.05) is 37.3 Å². The standard InChI is InChI=1S/C13H13ClN2O/c1-8-5-6-9-10(13(8)17)3-2-4-11(9)16-12(15)7-14/h2-6,17H,7H2,1H3,(H2,15,16). The Morgan fingerprint density at radius 1 is 1.29 bits per heavy atom. The second-order valence-corrected chi connectivity index (χ2v) is 4.11. The lowest BCUT2D eigenvalue weighted by molar-refractivity contribution is 0.477. The Bertz CT molecular complexity index is 593. The third kappa shape index (κ3) is 2.19. The van der Waals surface area contributed by atoms with Crippen LogP contribution in [0, 0.1) is 6.92 Å². The van der Waals surface area contributed by atoms with Crippen LogP contribution < -0.4 is 5.73 Å². The van der Waals surface area contributed by atoms with Crippen LogP contribution in [0.5, 0.6) is 5.75 Å². The van der Waals surface area contributed by atoms with Gasteiger partial charge in [0.2, 0.25) is 0 Å². The van der Waals surface area contributed by atoms with Crippen LogP contribution in [-0.4, -0.2) is 16.8 Å². The summed E-state index contributed by atoms with van der Waals surface area (Å²) in [5.41, 5.74) is 7.17. The van der Waals surface area contributed by atoms with E-state index < -0.39 is 0 Å². The first kappa shape index (κ1) is 11.7. The molecule has 0 heterocycles. The summed E-state index contributed by atoms with van der Waals surface area (Å²) in [6.45, 7) is 1.86. The van der Waals surface area contributed by atoms with Crippen molar-refractivity contribution in [3.05, 3.63) is 35.9 Å². The monoisotopic (exact) mass is 248 g/mol. The number of rotatable bonds is 2. The Kier molecular flexibility index (Phi) is 3.20. The van der Waals surface area contributed by atoms with Gasteiger partial charge in [-0.3, -0.25) is 0 Å². The number of nitrogens with zero attached hydrogens (tertiary/aromatic N) is 1. The summed E-state index contributed by atoms with van der Waals surface area (Å²) in [5.74, 6) is 0.831. The normalized spacial score (nSPS) is 12.0. The molecule has 0 fully saturated rings. The summed E-state index contributed by atoms with van der Waals surface area (Å²) in [7, 11) is 0. The van der Waals surface area contributed by atoms with Crippen LogP contribution in [-0.2, 0) is 0 Å². The van der Waals surface area contributed by atoms with Crippen molar-refractivity contribution in [1.29, 1.82) is 0 Å². The second kappa shape index (κ2) is 4.63. The van der Waals surface area contributed by atoms with Gasteiger partial charge in [0.1, 0.15) is 11.6 Å². The number of aryl methyl sites for hydroxylation is 1. The van der Waals surface area contributed by atoms with Crippen molar-refractivity contribution in [1.82, 2.24) is 0 Å². The molecule has 0 atom stereocenters. The lowest BCUT2D eigenvalue weighted by atomic mass is 10.0. The van der Waals surface area contributed by atoms with Crippen molar-refractivity contribution in [3.8, 4) is 5.75 Å². The van der Waals surface area contributed by atoms with E-state index in [1.165, 1.54) is 0 Å². The number of hydrogen-bond acceptors (Lipinski definition) is 2. The fraction of sp³-hybridized carbons (Fsp3) is 0.154. The molecule has 2 aromatic carbocycles. The summed E-state index contributed by atoms with van der Waals surface area (Å²) in [6.07, 6.45) is 0. The molecule has 2 rings (SSSR count). The van der Waals surface area contributed by atoms with Crippen molar-refractivity contribution in [2.75, 3.05) is 5.88 Å². The van der Waals surface area contributed by atoms with Crippen LogP contribution in [0.3, 0.4) is 0 Å². The highest BCUT2D eigenvalue weighted by atomic mass is 35.5. The molecule has 0 radical (unpaired) electrons. The van der Waals surface area contributed by atoms with Crippen molar-refractivity contribution < 1.29 is 5.11 Å². The van der Waals surface area contributed by atoms with E-state index in [-0.39, 0.29) is 11.6 Å². The quantitative estimate of drug-likeness (QED) is 0.487. The maximum absolute atomic E-state index is 9.97. The van der Waals surface area contributed by atoms with E-state index in [0.717, 1.165) is 22.0 Å². The summed E-state index contributed by atoms with van der Waals surface area (Å²) in [4.78, 5) is 4.23. The van der Waals surface area contributed by atoms with Crippen LogP contribution in [0.1, 0.15) is 5.56 Å². The van der Waals surface area contributed by atoms with Crippen molar-refractivity contribution in [2.24, 2.45) is 10.7 Å². The molecule has 17 heavy (non-hydrogen) atoms. The Balaban J connectivity index is 2.71. The molecule has 0 unspecified atom stereocenters. The molecule has 0 aliphatic rings. The molecule has 0 bridgehead atoms. The van der Waals surface area contributed by atoms with Gasteiger partial charge in [-0.05, 0) is 18.6 Å². The smallest absolute Gasteiger partial charge is 0.126 e. The molecule has 0 aliphatic heterocycles. The molecule has 0 amide bonds. The predicted octanol–water partition coefficient (Wildman–Crippen LogP) is 3.08. The van der Waals surface area contributed by atoms with E-state index in [0.29, 0.717) is 5.84 Å². The minimum absolute atomic E-state index is 0.189. The van der Waals surface area contributed by atoms with Gasteiger partial charge in [-0.2, -0.15) is 0 Å². The number of nitrogens with two attached hydrogens (primary N) is 1. The highest BCUT2D eigenvalue weighted by Crippen LogP contribution is 2.33. The molecule has 3 N–H and O–H groups in total. The zero-order valence-corrected chi connectivity index (χ0v) is 10.2. The van der Waals surface area contributed by atoms with E-state index in [2.05, 4.69) is 4.99 Å². The highest BCUT2D eigenvalue weighted by molar-refractivity contribution is 6.28. The zero-order valence-electron chi connectivity index (χ0n) is 9.44. The first-order valence-corrected chi connectivity index (χ1v) is 5.77. The average molecular weight is 249 g/mol. The third-order valence-corrected chi connectivity index (χ3v) is 2.89. The van der Waals surface area contributed by atoms with E-state index in [1.54, 1.807) is 0 Å². The van der Waals surface area contributed by atoms with Gasteiger partial charge in [-0.1, -0.05) is 24.3 Å². The number of alkyl halides is 1. The molecular formula is C13H13ClN2O. The number of halogens is 1. The Hall–Kier alpha value is -1.74. The molecule has 0 aliphatic carbocycles. The van der Waals surface area contributed by atoms with Crippen LogP contribution in [0.4, 0.5) is 5.69 Å². The molecule has 0 saturated heterocycles. The topological polar surface area (TPSA) is 58.6 Å². The van der Waals surface area contributed by atoms with Crippen LogP contribution >= 0.6 is 11.6 Å². The lowest BCUT2D eigenvalue weighted by Crippen LogP contribution is -2.12. The van der Waals surface area contributed by atoms with Crippen LogP contribution in [0.25, 0.3) is 10.8 Å². The molecule has 88 valence electrons. The summed E-state index contributed by atoms with van der Waals surface area (Å²) in [5, 5.41) is 11.6. The van der Waals surface area contributed by atoms with E-state index >= 15 is 0 Å². The third-order valence-electron chi connectivity index (χ3n) is 2.61. The SMILES string of the molecule is Cc1ccc2c(N=C(N)CCl)cccc2c1O. The minimum atomic E-state index is 0.189. The van der Waals surface area contributed by atoms with Gasteiger partial charge in [0.15, 0.2) is 0 Å². The highest BCUT2D eigenvalue weighted by Gasteiger charge is 2.06. The molecule has 2 aromatic rings. The van der Waals surface area contributed by atoms with Gasteiger partial charge in [-0.25, -0.2) is 4.99 Å². The lowest BCUT2D eigenvalue weighted by Gasteiger charge is -2.07. The maximum atomic E-state index is 9.97. The Labute approximate surface area is 105 Å². The summed E-state index contributed by atoms with van der Waals surface area (Å²) >= 11 is 5.60. The van der Waals surface area contributed by atoms with Crippen LogP contribution in [0.15, 0.2) is 35.3 Å². The number of aromatic hydroxyl groups is 1.